The summed E-state index contributed by atoms with van der Waals surface area (Å²) in [6.45, 7) is -0.0760. The molecule has 14 heavy (non-hydrogen) atoms. The van der Waals surface area contributed by atoms with Crippen LogP contribution in [0.25, 0.3) is 0 Å². The lowest BCUT2D eigenvalue weighted by Gasteiger charge is -1.98. The minimum absolute atomic E-state index is 0.0760. The number of benzene rings is 1. The minimum atomic E-state index is -0.706. The van der Waals surface area contributed by atoms with Crippen LogP contribution >= 0.6 is 15.9 Å². The number of halogens is 3. The number of aliphatic hydroxyl groups is 1. The van der Waals surface area contributed by atoms with E-state index in [4.69, 9.17) is 5.11 Å². The van der Waals surface area contributed by atoms with Crippen LogP contribution in [0.5, 0.6) is 0 Å². The number of hydrogen-bond acceptors (Lipinski definition) is 1. The van der Waals surface area contributed by atoms with Crippen molar-refractivity contribution in [1.29, 1.82) is 0 Å². The first-order chi connectivity index (χ1) is 6.65. The third kappa shape index (κ3) is 2.79. The van der Waals surface area contributed by atoms with Gasteiger partial charge in [-0.25, -0.2) is 8.78 Å². The highest BCUT2D eigenvalue weighted by atomic mass is 79.9. The molecule has 1 aromatic carbocycles. The predicted octanol–water partition coefficient (Wildman–Crippen LogP) is 2.46. The van der Waals surface area contributed by atoms with Crippen molar-refractivity contribution in [3.8, 4) is 11.8 Å². The zero-order valence-corrected chi connectivity index (χ0v) is 8.74. The molecule has 0 spiro atoms. The van der Waals surface area contributed by atoms with Gasteiger partial charge in [0, 0.05) is 17.0 Å². The van der Waals surface area contributed by atoms with Crippen molar-refractivity contribution >= 4 is 15.9 Å². The fraction of sp³-hybridized carbons (Fsp3) is 0.200. The highest BCUT2D eigenvalue weighted by molar-refractivity contribution is 9.10. The molecule has 0 radical (unpaired) electrons. The molecular weight excluding hydrogens is 254 g/mol. The van der Waals surface area contributed by atoms with Crippen molar-refractivity contribution in [3.63, 3.8) is 0 Å². The Morgan fingerprint density at radius 2 is 2.07 bits per heavy atom. The van der Waals surface area contributed by atoms with Crippen molar-refractivity contribution in [2.75, 3.05) is 6.61 Å². The molecule has 0 fully saturated rings. The van der Waals surface area contributed by atoms with Gasteiger partial charge in [-0.1, -0.05) is 11.8 Å². The third-order valence-electron chi connectivity index (χ3n) is 1.46. The summed E-state index contributed by atoms with van der Waals surface area (Å²) in [5.41, 5.74) is 0.111. The van der Waals surface area contributed by atoms with E-state index in [1.54, 1.807) is 0 Å². The summed E-state index contributed by atoms with van der Waals surface area (Å²) in [5.74, 6) is 3.71. The van der Waals surface area contributed by atoms with E-state index in [9.17, 15) is 8.78 Å². The minimum Gasteiger partial charge on any atom is -0.395 e. The summed E-state index contributed by atoms with van der Waals surface area (Å²) in [7, 11) is 0. The lowest BCUT2D eigenvalue weighted by atomic mass is 10.2. The van der Waals surface area contributed by atoms with Crippen molar-refractivity contribution in [2.24, 2.45) is 0 Å². The maximum absolute atomic E-state index is 13.1. The topological polar surface area (TPSA) is 20.2 Å². The molecule has 1 nitrogen and oxygen atoms in total. The highest BCUT2D eigenvalue weighted by Crippen LogP contribution is 2.20. The van der Waals surface area contributed by atoms with Gasteiger partial charge >= 0.3 is 0 Å². The fourth-order valence-corrected chi connectivity index (χ4v) is 1.38. The van der Waals surface area contributed by atoms with Gasteiger partial charge in [0.1, 0.15) is 11.6 Å². The molecule has 0 atom stereocenters. The Bertz CT molecular complexity index is 370. The molecule has 1 aromatic rings. The molecular formula is C10H7BrF2O. The van der Waals surface area contributed by atoms with E-state index >= 15 is 0 Å². The molecule has 0 saturated heterocycles. The second-order valence-corrected chi connectivity index (χ2v) is 3.37. The van der Waals surface area contributed by atoms with Crippen molar-refractivity contribution in [2.45, 2.75) is 6.42 Å². The molecule has 0 unspecified atom stereocenters. The van der Waals surface area contributed by atoms with Crippen LogP contribution in [0.2, 0.25) is 0 Å². The summed E-state index contributed by atoms with van der Waals surface area (Å²) in [5, 5.41) is 8.46. The summed E-state index contributed by atoms with van der Waals surface area (Å²) in [6, 6.07) is 1.92. The first kappa shape index (κ1) is 11.2. The Kier molecular flexibility index (Phi) is 4.05. The predicted molar refractivity (Wildman–Crippen MR) is 52.6 cm³/mol. The fourth-order valence-electron chi connectivity index (χ4n) is 0.868. The lowest BCUT2D eigenvalue weighted by Crippen LogP contribution is -1.88. The molecule has 1 N–H and O–H groups in total. The van der Waals surface area contributed by atoms with Gasteiger partial charge in [0.15, 0.2) is 0 Å². The van der Waals surface area contributed by atoms with Crippen molar-refractivity contribution < 1.29 is 13.9 Å². The summed E-state index contributed by atoms with van der Waals surface area (Å²) in [6.07, 6.45) is 0.267. The molecule has 1 rings (SSSR count). The number of rotatable bonds is 1. The van der Waals surface area contributed by atoms with Gasteiger partial charge in [-0.3, -0.25) is 0 Å². The van der Waals surface area contributed by atoms with Crippen LogP contribution in [-0.4, -0.2) is 11.7 Å². The van der Waals surface area contributed by atoms with Gasteiger partial charge in [0.2, 0.25) is 0 Å². The van der Waals surface area contributed by atoms with E-state index in [1.165, 1.54) is 0 Å². The van der Waals surface area contributed by atoms with Crippen LogP contribution in [0, 0.1) is 23.5 Å². The highest BCUT2D eigenvalue weighted by Gasteiger charge is 2.06. The Labute approximate surface area is 88.9 Å². The standard InChI is InChI=1S/C10H7BrF2O/c11-9-5-7(12)6-10(13)8(9)3-1-2-4-14/h5-6,14H,2,4H2. The molecule has 4 heteroatoms. The summed E-state index contributed by atoms with van der Waals surface area (Å²) < 4.78 is 26.0. The van der Waals surface area contributed by atoms with E-state index in [0.717, 1.165) is 12.1 Å². The van der Waals surface area contributed by atoms with Gasteiger partial charge in [-0.15, -0.1) is 0 Å². The van der Waals surface area contributed by atoms with Crippen LogP contribution in [0.4, 0.5) is 8.78 Å². The quantitative estimate of drug-likeness (QED) is 0.770. The summed E-state index contributed by atoms with van der Waals surface area (Å²) in [4.78, 5) is 0. The molecule has 0 aliphatic rings. The Morgan fingerprint density at radius 3 is 2.64 bits per heavy atom. The van der Waals surface area contributed by atoms with Crippen LogP contribution in [-0.2, 0) is 0 Å². The summed E-state index contributed by atoms with van der Waals surface area (Å²) >= 11 is 3.01. The van der Waals surface area contributed by atoms with Crippen LogP contribution in [0.1, 0.15) is 12.0 Å². The lowest BCUT2D eigenvalue weighted by molar-refractivity contribution is 0.305. The van der Waals surface area contributed by atoms with Gasteiger partial charge < -0.3 is 5.11 Å². The second-order valence-electron chi connectivity index (χ2n) is 2.52. The third-order valence-corrected chi connectivity index (χ3v) is 2.08. The Balaban J connectivity index is 3.04. The van der Waals surface area contributed by atoms with E-state index in [1.807, 2.05) is 0 Å². The van der Waals surface area contributed by atoms with Gasteiger partial charge in [0.25, 0.3) is 0 Å². The average Bonchev–Trinajstić information content (AvgIpc) is 2.09. The molecule has 0 heterocycles. The molecule has 0 aliphatic carbocycles. The maximum atomic E-state index is 13.1. The number of hydrogen-bond donors (Lipinski definition) is 1. The zero-order valence-electron chi connectivity index (χ0n) is 7.15. The van der Waals surface area contributed by atoms with Crippen LogP contribution in [0.3, 0.4) is 0 Å². The SMILES string of the molecule is OCCC#Cc1c(F)cc(F)cc1Br. The molecule has 0 saturated carbocycles. The second kappa shape index (κ2) is 5.08. The van der Waals surface area contributed by atoms with E-state index in [0.29, 0.717) is 0 Å². The molecule has 0 aromatic heterocycles. The molecule has 0 aliphatic heterocycles. The molecule has 74 valence electrons. The first-order valence-electron chi connectivity index (χ1n) is 3.89. The number of aliphatic hydroxyl groups excluding tert-OH is 1. The molecule has 0 amide bonds. The monoisotopic (exact) mass is 260 g/mol. The normalized spacial score (nSPS) is 9.43. The van der Waals surface area contributed by atoms with Gasteiger partial charge in [-0.05, 0) is 22.0 Å². The van der Waals surface area contributed by atoms with Crippen LogP contribution < -0.4 is 0 Å². The Morgan fingerprint density at radius 1 is 1.36 bits per heavy atom. The smallest absolute Gasteiger partial charge is 0.142 e. The zero-order chi connectivity index (χ0) is 10.6. The van der Waals surface area contributed by atoms with Crippen LogP contribution in [0.15, 0.2) is 16.6 Å². The van der Waals surface area contributed by atoms with Crippen molar-refractivity contribution in [1.82, 2.24) is 0 Å². The molecule has 0 bridgehead atoms. The van der Waals surface area contributed by atoms with E-state index in [2.05, 4.69) is 27.8 Å². The first-order valence-corrected chi connectivity index (χ1v) is 4.68. The van der Waals surface area contributed by atoms with Gasteiger partial charge in [0.05, 0.1) is 12.2 Å². The average molecular weight is 261 g/mol. The van der Waals surface area contributed by atoms with Crippen molar-refractivity contribution in [3.05, 3.63) is 33.8 Å². The van der Waals surface area contributed by atoms with Gasteiger partial charge in [-0.2, -0.15) is 0 Å². The Hall–Kier alpha value is -0.920. The van der Waals surface area contributed by atoms with E-state index < -0.39 is 11.6 Å². The van der Waals surface area contributed by atoms with E-state index in [-0.39, 0.29) is 23.1 Å². The largest absolute Gasteiger partial charge is 0.395 e. The maximum Gasteiger partial charge on any atom is 0.142 e.